The summed E-state index contributed by atoms with van der Waals surface area (Å²) in [6, 6.07) is 5.14. The van der Waals surface area contributed by atoms with Crippen molar-refractivity contribution < 1.29 is 4.74 Å². The molecule has 1 aromatic carbocycles. The maximum atomic E-state index is 6.07. The molecule has 0 spiro atoms. The van der Waals surface area contributed by atoms with E-state index in [1.807, 2.05) is 18.7 Å². The van der Waals surface area contributed by atoms with Crippen LogP contribution in [0.25, 0.3) is 0 Å². The van der Waals surface area contributed by atoms with Crippen LogP contribution in [0.5, 0.6) is 11.8 Å². The van der Waals surface area contributed by atoms with Gasteiger partial charge < -0.3 is 15.4 Å². The van der Waals surface area contributed by atoms with E-state index in [0.717, 1.165) is 13.1 Å². The van der Waals surface area contributed by atoms with E-state index in [9.17, 15) is 0 Å². The molecule has 0 saturated heterocycles. The van der Waals surface area contributed by atoms with Crippen molar-refractivity contribution >= 4 is 35.1 Å². The van der Waals surface area contributed by atoms with E-state index in [0.29, 0.717) is 21.7 Å². The van der Waals surface area contributed by atoms with Crippen LogP contribution in [0.3, 0.4) is 0 Å². The second-order valence-corrected chi connectivity index (χ2v) is 4.89. The Labute approximate surface area is 132 Å². The highest BCUT2D eigenvalue weighted by atomic mass is 35.5. The fourth-order valence-electron chi connectivity index (χ4n) is 1.72. The SMILES string of the molecule is CCN(CC)c1nc(N)nc(Oc2cccc(Cl)c2Cl)n1. The van der Waals surface area contributed by atoms with Gasteiger partial charge in [0.15, 0.2) is 5.75 Å². The van der Waals surface area contributed by atoms with Crippen LogP contribution in [0.15, 0.2) is 18.2 Å². The lowest BCUT2D eigenvalue weighted by Crippen LogP contribution is -2.25. The first kappa shape index (κ1) is 15.6. The minimum absolute atomic E-state index is 0.0774. The minimum atomic E-state index is 0.0774. The highest BCUT2D eigenvalue weighted by Crippen LogP contribution is 2.33. The first-order valence-corrected chi connectivity index (χ1v) is 7.19. The number of ether oxygens (including phenoxy) is 1. The zero-order valence-electron chi connectivity index (χ0n) is 11.7. The normalized spacial score (nSPS) is 10.5. The standard InChI is InChI=1S/C13H15Cl2N5O/c1-3-20(4-2)12-17-11(16)18-13(19-12)21-9-7-5-6-8(14)10(9)15/h5-7H,3-4H2,1-2H3,(H2,16,17,18,19). The molecule has 0 saturated carbocycles. The van der Waals surface area contributed by atoms with Crippen molar-refractivity contribution in [3.63, 3.8) is 0 Å². The van der Waals surface area contributed by atoms with Crippen LogP contribution in [-0.4, -0.2) is 28.0 Å². The molecule has 2 rings (SSSR count). The number of halogens is 2. The van der Waals surface area contributed by atoms with E-state index in [-0.39, 0.29) is 12.0 Å². The highest BCUT2D eigenvalue weighted by Gasteiger charge is 2.13. The van der Waals surface area contributed by atoms with Crippen LogP contribution in [0.2, 0.25) is 10.0 Å². The summed E-state index contributed by atoms with van der Waals surface area (Å²) in [7, 11) is 0. The van der Waals surface area contributed by atoms with Crippen molar-refractivity contribution in [2.75, 3.05) is 23.7 Å². The number of benzene rings is 1. The molecule has 2 aromatic rings. The zero-order chi connectivity index (χ0) is 15.4. The molecule has 2 N–H and O–H groups in total. The fourth-order valence-corrected chi connectivity index (χ4v) is 2.05. The first-order valence-electron chi connectivity index (χ1n) is 6.43. The lowest BCUT2D eigenvalue weighted by Gasteiger charge is -2.18. The van der Waals surface area contributed by atoms with Gasteiger partial charge in [0.25, 0.3) is 0 Å². The van der Waals surface area contributed by atoms with E-state index < -0.39 is 0 Å². The second-order valence-electron chi connectivity index (χ2n) is 4.10. The number of aromatic nitrogens is 3. The Balaban J connectivity index is 2.34. The van der Waals surface area contributed by atoms with E-state index >= 15 is 0 Å². The predicted molar refractivity (Wildman–Crippen MR) is 84.3 cm³/mol. The van der Waals surface area contributed by atoms with Crippen molar-refractivity contribution in [2.24, 2.45) is 0 Å². The molecule has 8 heteroatoms. The van der Waals surface area contributed by atoms with Crippen molar-refractivity contribution in [1.29, 1.82) is 0 Å². The molecule has 21 heavy (non-hydrogen) atoms. The molecule has 0 aliphatic carbocycles. The van der Waals surface area contributed by atoms with Crippen molar-refractivity contribution in [3.8, 4) is 11.8 Å². The second kappa shape index (κ2) is 6.78. The Bertz CT molecular complexity index is 634. The lowest BCUT2D eigenvalue weighted by molar-refractivity contribution is 0.440. The van der Waals surface area contributed by atoms with Gasteiger partial charge in [-0.1, -0.05) is 29.3 Å². The van der Waals surface area contributed by atoms with Crippen LogP contribution in [-0.2, 0) is 0 Å². The number of anilines is 2. The minimum Gasteiger partial charge on any atom is -0.422 e. The van der Waals surface area contributed by atoms with Gasteiger partial charge in [0.1, 0.15) is 5.02 Å². The molecule has 0 unspecified atom stereocenters. The third kappa shape index (κ3) is 3.65. The lowest BCUT2D eigenvalue weighted by atomic mass is 10.3. The Morgan fingerprint density at radius 2 is 1.86 bits per heavy atom. The molecule has 0 amide bonds. The number of nitrogen functional groups attached to an aromatic ring is 1. The van der Waals surface area contributed by atoms with E-state index in [1.165, 1.54) is 0 Å². The number of nitrogens with two attached hydrogens (primary N) is 1. The van der Waals surface area contributed by atoms with Gasteiger partial charge in [-0.25, -0.2) is 0 Å². The summed E-state index contributed by atoms with van der Waals surface area (Å²) in [6.07, 6.45) is 0. The van der Waals surface area contributed by atoms with Crippen LogP contribution in [0.4, 0.5) is 11.9 Å². The van der Waals surface area contributed by atoms with Crippen LogP contribution >= 0.6 is 23.2 Å². The molecule has 0 fully saturated rings. The monoisotopic (exact) mass is 327 g/mol. The molecule has 6 nitrogen and oxygen atoms in total. The van der Waals surface area contributed by atoms with Gasteiger partial charge in [-0.05, 0) is 26.0 Å². The van der Waals surface area contributed by atoms with Crippen molar-refractivity contribution in [3.05, 3.63) is 28.2 Å². The molecule has 0 aliphatic rings. The van der Waals surface area contributed by atoms with Gasteiger partial charge in [0.2, 0.25) is 11.9 Å². The summed E-state index contributed by atoms with van der Waals surface area (Å²) in [6.45, 7) is 5.49. The molecule has 0 aliphatic heterocycles. The van der Waals surface area contributed by atoms with Crippen molar-refractivity contribution in [1.82, 2.24) is 15.0 Å². The van der Waals surface area contributed by atoms with Gasteiger partial charge in [-0.15, -0.1) is 0 Å². The molecule has 1 heterocycles. The largest absolute Gasteiger partial charge is 0.422 e. The topological polar surface area (TPSA) is 77.2 Å². The molecular formula is C13H15Cl2N5O. The number of nitrogens with zero attached hydrogens (tertiary/aromatic N) is 4. The molecule has 0 bridgehead atoms. The predicted octanol–water partition coefficient (Wildman–Crippen LogP) is 3.40. The van der Waals surface area contributed by atoms with Crippen LogP contribution in [0.1, 0.15) is 13.8 Å². The molecule has 0 atom stereocenters. The molecule has 0 radical (unpaired) electrons. The Morgan fingerprint density at radius 1 is 1.14 bits per heavy atom. The Hall–Kier alpha value is -1.79. The van der Waals surface area contributed by atoms with Crippen molar-refractivity contribution in [2.45, 2.75) is 13.8 Å². The summed E-state index contributed by atoms with van der Waals surface area (Å²) in [5, 5.41) is 0.683. The summed E-state index contributed by atoms with van der Waals surface area (Å²) in [5.74, 6) is 0.904. The Kier molecular flexibility index (Phi) is 5.03. The smallest absolute Gasteiger partial charge is 0.328 e. The molecular weight excluding hydrogens is 313 g/mol. The summed E-state index contributed by atoms with van der Waals surface area (Å²) in [5.41, 5.74) is 5.70. The van der Waals surface area contributed by atoms with Crippen LogP contribution < -0.4 is 15.4 Å². The molecule has 112 valence electrons. The zero-order valence-corrected chi connectivity index (χ0v) is 13.2. The third-order valence-electron chi connectivity index (χ3n) is 2.78. The van der Waals surface area contributed by atoms with E-state index in [1.54, 1.807) is 18.2 Å². The summed E-state index contributed by atoms with van der Waals surface area (Å²) >= 11 is 12.0. The summed E-state index contributed by atoms with van der Waals surface area (Å²) in [4.78, 5) is 14.2. The maximum absolute atomic E-state index is 6.07. The number of hydrogen-bond acceptors (Lipinski definition) is 6. The number of rotatable bonds is 5. The molecule has 1 aromatic heterocycles. The average Bonchev–Trinajstić information content (AvgIpc) is 2.45. The maximum Gasteiger partial charge on any atom is 0.328 e. The van der Waals surface area contributed by atoms with E-state index in [2.05, 4.69) is 15.0 Å². The van der Waals surface area contributed by atoms with Gasteiger partial charge in [-0.2, -0.15) is 15.0 Å². The van der Waals surface area contributed by atoms with Crippen LogP contribution in [0, 0.1) is 0 Å². The highest BCUT2D eigenvalue weighted by molar-refractivity contribution is 6.42. The van der Waals surface area contributed by atoms with Gasteiger partial charge >= 0.3 is 6.01 Å². The van der Waals surface area contributed by atoms with E-state index in [4.69, 9.17) is 33.7 Å². The van der Waals surface area contributed by atoms with Gasteiger partial charge in [0.05, 0.1) is 5.02 Å². The van der Waals surface area contributed by atoms with Gasteiger partial charge in [0, 0.05) is 13.1 Å². The Morgan fingerprint density at radius 3 is 2.52 bits per heavy atom. The number of hydrogen-bond donors (Lipinski definition) is 1. The van der Waals surface area contributed by atoms with Gasteiger partial charge in [-0.3, -0.25) is 0 Å². The first-order chi connectivity index (χ1) is 10.0. The summed E-state index contributed by atoms with van der Waals surface area (Å²) < 4.78 is 5.57. The quantitative estimate of drug-likeness (QED) is 0.906. The average molecular weight is 328 g/mol. The fraction of sp³-hybridized carbons (Fsp3) is 0.308. The third-order valence-corrected chi connectivity index (χ3v) is 3.59.